The van der Waals surface area contributed by atoms with E-state index in [1.165, 1.54) is 22.3 Å². The Bertz CT molecular complexity index is 749. The van der Waals surface area contributed by atoms with E-state index in [9.17, 15) is 0 Å². The fourth-order valence-electron chi connectivity index (χ4n) is 3.33. The lowest BCUT2D eigenvalue weighted by Gasteiger charge is -2.34. The molecule has 0 aliphatic heterocycles. The molecule has 2 aromatic carbocycles. The van der Waals surface area contributed by atoms with Gasteiger partial charge in [0.15, 0.2) is 0 Å². The van der Waals surface area contributed by atoms with Crippen molar-refractivity contribution in [1.29, 1.82) is 0 Å². The maximum Gasteiger partial charge on any atom is 0.119 e. The van der Waals surface area contributed by atoms with E-state index in [4.69, 9.17) is 4.74 Å². The van der Waals surface area contributed by atoms with Crippen molar-refractivity contribution < 1.29 is 4.74 Å². The number of fused-ring (bicyclic) bond motifs is 4. The van der Waals surface area contributed by atoms with Gasteiger partial charge in [0.05, 0.1) is 23.3 Å². The van der Waals surface area contributed by atoms with Gasteiger partial charge in [0.25, 0.3) is 0 Å². The van der Waals surface area contributed by atoms with E-state index in [0.717, 1.165) is 5.75 Å². The molecular weight excluding hydrogens is 300 g/mol. The summed E-state index contributed by atoms with van der Waals surface area (Å²) in [6.45, 7) is 14.8. The minimum Gasteiger partial charge on any atom is -0.497 e. The lowest BCUT2D eigenvalue weighted by Crippen LogP contribution is -2.56. The van der Waals surface area contributed by atoms with Crippen LogP contribution in [0.3, 0.4) is 0 Å². The van der Waals surface area contributed by atoms with Gasteiger partial charge >= 0.3 is 0 Å². The van der Waals surface area contributed by atoms with Gasteiger partial charge < -0.3 is 4.74 Å². The van der Waals surface area contributed by atoms with Crippen molar-refractivity contribution in [1.82, 2.24) is 0 Å². The lowest BCUT2D eigenvalue weighted by atomic mass is 9.80. The largest absolute Gasteiger partial charge is 0.497 e. The first kappa shape index (κ1) is 15.6. The fourth-order valence-corrected chi connectivity index (χ4v) is 8.50. The van der Waals surface area contributed by atoms with Gasteiger partial charge in [0.2, 0.25) is 0 Å². The van der Waals surface area contributed by atoms with E-state index in [0.29, 0.717) is 0 Å². The van der Waals surface area contributed by atoms with E-state index >= 15 is 0 Å². The van der Waals surface area contributed by atoms with Crippen molar-refractivity contribution in [2.24, 2.45) is 0 Å². The van der Waals surface area contributed by atoms with Crippen LogP contribution in [0.2, 0.25) is 39.3 Å². The molecule has 0 heterocycles. The highest BCUT2D eigenvalue weighted by Gasteiger charge is 2.32. The number of hydrogen-bond donors (Lipinski definition) is 0. The summed E-state index contributed by atoms with van der Waals surface area (Å²) in [4.78, 5) is 0. The monoisotopic (exact) mass is 326 g/mol. The van der Waals surface area contributed by atoms with Crippen molar-refractivity contribution >= 4 is 26.5 Å². The zero-order valence-electron chi connectivity index (χ0n) is 14.8. The van der Waals surface area contributed by atoms with Crippen LogP contribution in [0.15, 0.2) is 30.3 Å². The molecule has 1 aliphatic rings. The molecule has 0 saturated carbocycles. The van der Waals surface area contributed by atoms with Gasteiger partial charge in [-0.15, -0.1) is 0 Å². The van der Waals surface area contributed by atoms with Gasteiger partial charge in [-0.2, -0.15) is 0 Å². The quantitative estimate of drug-likeness (QED) is 0.647. The maximum atomic E-state index is 5.39. The van der Waals surface area contributed by atoms with E-state index in [2.05, 4.69) is 69.6 Å². The van der Waals surface area contributed by atoms with Crippen LogP contribution in [0.25, 0.3) is 22.3 Å². The molecule has 116 valence electrons. The maximum absolute atomic E-state index is 5.39. The van der Waals surface area contributed by atoms with Gasteiger partial charge in [-0.1, -0.05) is 67.9 Å². The fraction of sp³-hybridized carbons (Fsp3) is 0.368. The molecule has 0 aromatic heterocycles. The predicted molar refractivity (Wildman–Crippen MR) is 103 cm³/mol. The van der Waals surface area contributed by atoms with Crippen LogP contribution in [-0.4, -0.2) is 23.3 Å². The molecule has 2 aromatic rings. The first-order chi connectivity index (χ1) is 10.1. The SMILES string of the molecule is COc1ccc2c(c1)-c1cc([Si](C)(C)C)c([Si](C)(C)C)cc1-2. The molecule has 0 bridgehead atoms. The molecule has 0 unspecified atom stereocenters. The van der Waals surface area contributed by atoms with Crippen LogP contribution >= 0.6 is 0 Å². The third-order valence-corrected chi connectivity index (χ3v) is 8.89. The van der Waals surface area contributed by atoms with Crippen LogP contribution in [0.1, 0.15) is 0 Å². The Morgan fingerprint density at radius 2 is 1.09 bits per heavy atom. The zero-order valence-corrected chi connectivity index (χ0v) is 16.8. The van der Waals surface area contributed by atoms with Crippen molar-refractivity contribution in [3.8, 4) is 28.0 Å². The Kier molecular flexibility index (Phi) is 3.42. The van der Waals surface area contributed by atoms with Crippen molar-refractivity contribution in [2.45, 2.75) is 39.3 Å². The van der Waals surface area contributed by atoms with E-state index in [1.807, 2.05) is 0 Å². The average molecular weight is 327 g/mol. The highest BCUT2D eigenvalue weighted by molar-refractivity contribution is 6.98. The number of ether oxygens (including phenoxy) is 1. The normalized spacial score (nSPS) is 13.2. The number of rotatable bonds is 3. The zero-order chi connectivity index (χ0) is 16.3. The highest BCUT2D eigenvalue weighted by Crippen LogP contribution is 2.47. The molecule has 0 radical (unpaired) electrons. The number of hydrogen-bond acceptors (Lipinski definition) is 1. The molecule has 1 nitrogen and oxygen atoms in total. The van der Waals surface area contributed by atoms with Gasteiger partial charge in [0, 0.05) is 0 Å². The standard InChI is InChI=1S/C19H26OSi2/c1-20-13-8-9-14-15(10-13)17-12-19(22(5,6)7)18(11-16(14)17)21(2,3)4/h8-12H,1-7H3. The predicted octanol–water partition coefficient (Wildman–Crippen LogP) is 4.43. The minimum atomic E-state index is -1.35. The molecule has 22 heavy (non-hydrogen) atoms. The summed E-state index contributed by atoms with van der Waals surface area (Å²) in [5, 5.41) is 3.31. The Morgan fingerprint density at radius 3 is 1.55 bits per heavy atom. The summed E-state index contributed by atoms with van der Waals surface area (Å²) in [6.07, 6.45) is 0. The van der Waals surface area contributed by atoms with Gasteiger partial charge in [0.1, 0.15) is 5.75 Å². The highest BCUT2D eigenvalue weighted by atomic mass is 28.3. The third kappa shape index (κ3) is 2.36. The average Bonchev–Trinajstić information content (AvgIpc) is 2.41. The Hall–Kier alpha value is -1.33. The number of methoxy groups -OCH3 is 1. The molecule has 0 fully saturated rings. The first-order valence-electron chi connectivity index (χ1n) is 8.01. The summed E-state index contributed by atoms with van der Waals surface area (Å²) in [5.74, 6) is 0.952. The second-order valence-corrected chi connectivity index (χ2v) is 18.4. The molecule has 0 amide bonds. The molecule has 0 saturated heterocycles. The summed E-state index contributed by atoms with van der Waals surface area (Å²) in [7, 11) is -0.946. The minimum absolute atomic E-state index is 0.952. The molecule has 0 atom stereocenters. The Balaban J connectivity index is 2.22. The summed E-state index contributed by atoms with van der Waals surface area (Å²) >= 11 is 0. The summed E-state index contributed by atoms with van der Waals surface area (Å²) in [6, 6.07) is 11.5. The number of benzene rings is 2. The van der Waals surface area contributed by atoms with Gasteiger partial charge in [-0.05, 0) is 34.4 Å². The van der Waals surface area contributed by atoms with Crippen LogP contribution in [0, 0.1) is 0 Å². The van der Waals surface area contributed by atoms with E-state index < -0.39 is 16.1 Å². The third-order valence-electron chi connectivity index (χ3n) is 4.58. The lowest BCUT2D eigenvalue weighted by molar-refractivity contribution is 0.415. The van der Waals surface area contributed by atoms with Crippen molar-refractivity contribution in [3.05, 3.63) is 30.3 Å². The van der Waals surface area contributed by atoms with Crippen LogP contribution in [0.4, 0.5) is 0 Å². The molecule has 0 spiro atoms. The first-order valence-corrected chi connectivity index (χ1v) is 15.0. The summed E-state index contributed by atoms with van der Waals surface area (Å²) < 4.78 is 5.39. The van der Waals surface area contributed by atoms with Crippen LogP contribution in [0.5, 0.6) is 5.75 Å². The Morgan fingerprint density at radius 1 is 0.636 bits per heavy atom. The van der Waals surface area contributed by atoms with Gasteiger partial charge in [-0.3, -0.25) is 0 Å². The second kappa shape index (κ2) is 4.83. The second-order valence-electron chi connectivity index (χ2n) is 8.35. The molecule has 1 aliphatic carbocycles. The smallest absolute Gasteiger partial charge is 0.119 e. The molecule has 3 rings (SSSR count). The van der Waals surface area contributed by atoms with Crippen LogP contribution in [-0.2, 0) is 0 Å². The van der Waals surface area contributed by atoms with Crippen LogP contribution < -0.4 is 15.1 Å². The van der Waals surface area contributed by atoms with Crippen molar-refractivity contribution in [2.75, 3.05) is 7.11 Å². The van der Waals surface area contributed by atoms with Gasteiger partial charge in [-0.25, -0.2) is 0 Å². The molecule has 3 heteroatoms. The summed E-state index contributed by atoms with van der Waals surface area (Å²) in [5.41, 5.74) is 5.61. The molecular formula is C19H26OSi2. The topological polar surface area (TPSA) is 9.23 Å². The van der Waals surface area contributed by atoms with E-state index in [1.54, 1.807) is 17.5 Å². The van der Waals surface area contributed by atoms with Crippen molar-refractivity contribution in [3.63, 3.8) is 0 Å². The Labute approximate surface area is 136 Å². The van der Waals surface area contributed by atoms with E-state index in [-0.39, 0.29) is 0 Å². The molecule has 0 N–H and O–H groups in total.